The van der Waals surface area contributed by atoms with Gasteiger partial charge in [-0.25, -0.2) is 18.9 Å². The maximum Gasteiger partial charge on any atom is 0.216 e. The second kappa shape index (κ2) is 8.71. The molecule has 9 nitrogen and oxygen atoms in total. The van der Waals surface area contributed by atoms with Crippen LogP contribution in [-0.4, -0.2) is 71.2 Å². The van der Waals surface area contributed by atoms with Crippen molar-refractivity contribution in [3.8, 4) is 5.88 Å². The molecule has 2 aliphatic heterocycles. The van der Waals surface area contributed by atoms with Crippen LogP contribution in [-0.2, 0) is 9.47 Å². The minimum Gasteiger partial charge on any atom is -0.469 e. The first-order chi connectivity index (χ1) is 15.6. The molecule has 5 heterocycles. The third kappa shape index (κ3) is 4.11. The number of ether oxygens (including phenoxy) is 3. The van der Waals surface area contributed by atoms with Gasteiger partial charge < -0.3 is 24.4 Å². The largest absolute Gasteiger partial charge is 0.469 e. The van der Waals surface area contributed by atoms with Crippen LogP contribution in [0.2, 0.25) is 0 Å². The second-order valence-electron chi connectivity index (χ2n) is 7.91. The van der Waals surface area contributed by atoms with E-state index >= 15 is 0 Å². The van der Waals surface area contributed by atoms with Gasteiger partial charge in [0.2, 0.25) is 5.88 Å². The van der Waals surface area contributed by atoms with Crippen LogP contribution < -0.4 is 15.0 Å². The van der Waals surface area contributed by atoms with Gasteiger partial charge in [-0.05, 0) is 19.1 Å². The van der Waals surface area contributed by atoms with Gasteiger partial charge in [0.1, 0.15) is 17.7 Å². The van der Waals surface area contributed by atoms with E-state index in [0.717, 1.165) is 36.3 Å². The molecule has 2 aliphatic rings. The first-order valence-electron chi connectivity index (χ1n) is 10.6. The van der Waals surface area contributed by atoms with Gasteiger partial charge in [0.25, 0.3) is 0 Å². The SMILES string of the molecule is C=C(N[C@@H]1COC[C@@H]1Oc1ncc(F)cc1C)c1cnn2ccc(N3CCOCC3)nc12. The Labute approximate surface area is 184 Å². The second-order valence-corrected chi connectivity index (χ2v) is 7.91. The summed E-state index contributed by atoms with van der Waals surface area (Å²) in [5, 5.41) is 7.81. The van der Waals surface area contributed by atoms with E-state index in [1.807, 2.05) is 12.3 Å². The average Bonchev–Trinajstić information content (AvgIpc) is 3.42. The standard InChI is InChI=1S/C22H25FN6O3/c1-14-9-16(23)10-24-22(14)32-19-13-31-12-18(19)26-15(2)17-11-25-29-4-3-20(27-21(17)29)28-5-7-30-8-6-28/h3-4,9-11,18-19,26H,2,5-8,12-13H2,1H3/t18-,19+/m1/s1. The van der Waals surface area contributed by atoms with E-state index in [0.29, 0.717) is 43.6 Å². The van der Waals surface area contributed by atoms with Crippen LogP contribution in [0.3, 0.4) is 0 Å². The van der Waals surface area contributed by atoms with Gasteiger partial charge >= 0.3 is 0 Å². The average molecular weight is 440 g/mol. The Bertz CT molecular complexity index is 1130. The topological polar surface area (TPSA) is 86.0 Å². The number of anilines is 1. The summed E-state index contributed by atoms with van der Waals surface area (Å²) < 4.78 is 32.2. The van der Waals surface area contributed by atoms with Crippen molar-refractivity contribution in [1.29, 1.82) is 0 Å². The number of hydrogen-bond donors (Lipinski definition) is 1. The lowest BCUT2D eigenvalue weighted by Crippen LogP contribution is -2.41. The highest BCUT2D eigenvalue weighted by Gasteiger charge is 2.32. The minimum absolute atomic E-state index is 0.147. The van der Waals surface area contributed by atoms with E-state index in [-0.39, 0.29) is 12.1 Å². The van der Waals surface area contributed by atoms with Gasteiger partial charge in [-0.15, -0.1) is 0 Å². The molecule has 0 unspecified atom stereocenters. The highest BCUT2D eigenvalue weighted by atomic mass is 19.1. The number of fused-ring (bicyclic) bond motifs is 1. The van der Waals surface area contributed by atoms with Gasteiger partial charge in [0.15, 0.2) is 5.65 Å². The molecule has 0 amide bonds. The highest BCUT2D eigenvalue weighted by molar-refractivity contribution is 5.74. The molecule has 32 heavy (non-hydrogen) atoms. The van der Waals surface area contributed by atoms with Crippen LogP contribution in [0.25, 0.3) is 11.3 Å². The lowest BCUT2D eigenvalue weighted by Gasteiger charge is -2.27. The summed E-state index contributed by atoms with van der Waals surface area (Å²) in [7, 11) is 0. The number of aromatic nitrogens is 4. The zero-order chi connectivity index (χ0) is 22.1. The number of nitrogens with zero attached hydrogens (tertiary/aromatic N) is 5. The fraction of sp³-hybridized carbons (Fsp3) is 0.409. The molecule has 0 aromatic carbocycles. The molecule has 0 bridgehead atoms. The molecule has 0 radical (unpaired) electrons. The van der Waals surface area contributed by atoms with Gasteiger partial charge in [-0.3, -0.25) is 0 Å². The van der Waals surface area contributed by atoms with Gasteiger partial charge in [0, 0.05) is 30.5 Å². The zero-order valence-electron chi connectivity index (χ0n) is 17.8. The van der Waals surface area contributed by atoms with Crippen LogP contribution in [0, 0.1) is 12.7 Å². The Kier molecular flexibility index (Phi) is 5.62. The number of hydrogen-bond acceptors (Lipinski definition) is 8. The van der Waals surface area contributed by atoms with Crippen molar-refractivity contribution in [2.75, 3.05) is 44.4 Å². The van der Waals surface area contributed by atoms with Crippen molar-refractivity contribution in [3.63, 3.8) is 0 Å². The summed E-state index contributed by atoms with van der Waals surface area (Å²) in [6, 6.07) is 3.21. The quantitative estimate of drug-likeness (QED) is 0.621. The summed E-state index contributed by atoms with van der Waals surface area (Å²) in [5.74, 6) is 0.892. The van der Waals surface area contributed by atoms with Crippen LogP contribution in [0.4, 0.5) is 10.2 Å². The summed E-state index contributed by atoms with van der Waals surface area (Å²) in [5.41, 5.74) is 2.84. The normalized spacial score (nSPS) is 21.1. The molecule has 0 aliphatic carbocycles. The lowest BCUT2D eigenvalue weighted by atomic mass is 10.1. The van der Waals surface area contributed by atoms with Crippen molar-refractivity contribution in [2.24, 2.45) is 0 Å². The molecule has 3 aromatic rings. The van der Waals surface area contributed by atoms with E-state index in [1.54, 1.807) is 17.6 Å². The minimum atomic E-state index is -0.391. The Hall–Kier alpha value is -3.24. The lowest BCUT2D eigenvalue weighted by molar-refractivity contribution is 0.122. The third-order valence-electron chi connectivity index (χ3n) is 5.66. The number of nitrogens with one attached hydrogen (secondary N) is 1. The first kappa shape index (κ1) is 20.7. The number of rotatable bonds is 6. The van der Waals surface area contributed by atoms with Crippen LogP contribution in [0.15, 0.2) is 37.3 Å². The van der Waals surface area contributed by atoms with E-state index in [2.05, 4.69) is 26.9 Å². The number of morpholine rings is 1. The van der Waals surface area contributed by atoms with Crippen molar-refractivity contribution in [3.05, 3.63) is 54.2 Å². The van der Waals surface area contributed by atoms with Crippen LogP contribution >= 0.6 is 0 Å². The molecule has 3 aromatic heterocycles. The van der Waals surface area contributed by atoms with E-state index < -0.39 is 5.82 Å². The molecule has 2 atom stereocenters. The van der Waals surface area contributed by atoms with Gasteiger partial charge in [0.05, 0.1) is 50.4 Å². The molecular weight excluding hydrogens is 415 g/mol. The van der Waals surface area contributed by atoms with Gasteiger partial charge in [-0.1, -0.05) is 6.58 Å². The Morgan fingerprint density at radius 3 is 2.91 bits per heavy atom. The predicted octanol–water partition coefficient (Wildman–Crippen LogP) is 1.82. The summed E-state index contributed by atoms with van der Waals surface area (Å²) in [6.45, 7) is 9.83. The van der Waals surface area contributed by atoms with Crippen molar-refractivity contribution < 1.29 is 18.6 Å². The molecule has 1 N–H and O–H groups in total. The number of halogens is 1. The Morgan fingerprint density at radius 2 is 2.09 bits per heavy atom. The van der Waals surface area contributed by atoms with E-state index in [9.17, 15) is 4.39 Å². The van der Waals surface area contributed by atoms with Crippen molar-refractivity contribution in [2.45, 2.75) is 19.1 Å². The molecule has 168 valence electrons. The predicted molar refractivity (Wildman–Crippen MR) is 116 cm³/mol. The monoisotopic (exact) mass is 440 g/mol. The summed E-state index contributed by atoms with van der Waals surface area (Å²) in [4.78, 5) is 11.1. The molecule has 0 spiro atoms. The molecule has 2 saturated heterocycles. The van der Waals surface area contributed by atoms with E-state index in [1.165, 1.54) is 6.07 Å². The van der Waals surface area contributed by atoms with Crippen LogP contribution in [0.1, 0.15) is 11.1 Å². The maximum atomic E-state index is 13.4. The first-order valence-corrected chi connectivity index (χ1v) is 10.6. The number of pyridine rings is 1. The summed E-state index contributed by atoms with van der Waals surface area (Å²) in [6.07, 6.45) is 4.51. The Morgan fingerprint density at radius 1 is 1.25 bits per heavy atom. The van der Waals surface area contributed by atoms with Gasteiger partial charge in [-0.2, -0.15) is 5.10 Å². The fourth-order valence-electron chi connectivity index (χ4n) is 3.92. The molecule has 5 rings (SSSR count). The molecule has 10 heteroatoms. The molecule has 0 saturated carbocycles. The Balaban J connectivity index is 1.32. The summed E-state index contributed by atoms with van der Waals surface area (Å²) >= 11 is 0. The number of aryl methyl sites for hydroxylation is 1. The highest BCUT2D eigenvalue weighted by Crippen LogP contribution is 2.23. The maximum absolute atomic E-state index is 13.4. The van der Waals surface area contributed by atoms with Crippen molar-refractivity contribution >= 4 is 17.2 Å². The smallest absolute Gasteiger partial charge is 0.216 e. The van der Waals surface area contributed by atoms with E-state index in [4.69, 9.17) is 19.2 Å². The van der Waals surface area contributed by atoms with Crippen LogP contribution in [0.5, 0.6) is 5.88 Å². The fourth-order valence-corrected chi connectivity index (χ4v) is 3.92. The molecule has 2 fully saturated rings. The van der Waals surface area contributed by atoms with Crippen molar-refractivity contribution in [1.82, 2.24) is 24.9 Å². The zero-order valence-corrected chi connectivity index (χ0v) is 17.8. The molecular formula is C22H25FN6O3. The third-order valence-corrected chi connectivity index (χ3v) is 5.66.